The van der Waals surface area contributed by atoms with Crippen LogP contribution in [0.4, 0.5) is 0 Å². The molecule has 1 aliphatic heterocycles. The maximum Gasteiger partial charge on any atom is 0.0329 e. The average molecular weight is 230 g/mol. The minimum Gasteiger partial charge on any atom is -0.329 e. The molecular formula is C12H26N2S. The largest absolute Gasteiger partial charge is 0.329 e. The van der Waals surface area contributed by atoms with Crippen molar-refractivity contribution in [3.63, 3.8) is 0 Å². The summed E-state index contributed by atoms with van der Waals surface area (Å²) < 4.78 is 0. The molecule has 0 saturated carbocycles. The van der Waals surface area contributed by atoms with Crippen molar-refractivity contribution in [3.05, 3.63) is 0 Å². The smallest absolute Gasteiger partial charge is 0.0329 e. The van der Waals surface area contributed by atoms with E-state index in [1.165, 1.54) is 50.3 Å². The third-order valence-electron chi connectivity index (χ3n) is 3.72. The van der Waals surface area contributed by atoms with Crippen LogP contribution >= 0.6 is 11.8 Å². The Hall–Kier alpha value is 0.270. The third kappa shape index (κ3) is 3.36. The van der Waals surface area contributed by atoms with Crippen LogP contribution < -0.4 is 5.73 Å². The number of nitrogens with two attached hydrogens (primary N) is 1. The number of hydrogen-bond acceptors (Lipinski definition) is 3. The number of hydrogen-bond donors (Lipinski definition) is 1. The van der Waals surface area contributed by atoms with E-state index in [9.17, 15) is 0 Å². The zero-order chi connectivity index (χ0) is 11.1. The van der Waals surface area contributed by atoms with Gasteiger partial charge in [-0.25, -0.2) is 0 Å². The zero-order valence-electron chi connectivity index (χ0n) is 10.3. The lowest BCUT2D eigenvalue weighted by Crippen LogP contribution is -2.56. The SMILES string of the molecule is CCCCC(CC)(CN)N1CCSCC1. The Morgan fingerprint density at radius 1 is 1.27 bits per heavy atom. The van der Waals surface area contributed by atoms with E-state index in [2.05, 4.69) is 30.5 Å². The maximum absolute atomic E-state index is 6.04. The first-order valence-electron chi connectivity index (χ1n) is 6.32. The van der Waals surface area contributed by atoms with Crippen LogP contribution in [0.15, 0.2) is 0 Å². The molecule has 0 radical (unpaired) electrons. The van der Waals surface area contributed by atoms with Gasteiger partial charge in [-0.1, -0.05) is 26.7 Å². The zero-order valence-corrected chi connectivity index (χ0v) is 11.1. The summed E-state index contributed by atoms with van der Waals surface area (Å²) in [6.45, 7) is 7.86. The molecule has 2 N–H and O–H groups in total. The topological polar surface area (TPSA) is 29.3 Å². The van der Waals surface area contributed by atoms with Crippen LogP contribution in [-0.2, 0) is 0 Å². The van der Waals surface area contributed by atoms with Gasteiger partial charge in [-0.15, -0.1) is 0 Å². The molecule has 1 atom stereocenters. The molecule has 0 bridgehead atoms. The van der Waals surface area contributed by atoms with Crippen LogP contribution in [0.2, 0.25) is 0 Å². The van der Waals surface area contributed by atoms with E-state index < -0.39 is 0 Å². The Balaban J connectivity index is 2.59. The summed E-state index contributed by atoms with van der Waals surface area (Å²) in [5, 5.41) is 0. The predicted molar refractivity (Wildman–Crippen MR) is 70.5 cm³/mol. The van der Waals surface area contributed by atoms with Gasteiger partial charge in [0.2, 0.25) is 0 Å². The van der Waals surface area contributed by atoms with Crippen molar-refractivity contribution < 1.29 is 0 Å². The fourth-order valence-electron chi connectivity index (χ4n) is 2.48. The lowest BCUT2D eigenvalue weighted by molar-refractivity contribution is 0.0894. The van der Waals surface area contributed by atoms with Gasteiger partial charge in [0, 0.05) is 36.7 Å². The minimum absolute atomic E-state index is 0.303. The molecule has 0 aliphatic carbocycles. The first-order chi connectivity index (χ1) is 7.29. The number of nitrogens with zero attached hydrogens (tertiary/aromatic N) is 1. The highest BCUT2D eigenvalue weighted by Crippen LogP contribution is 2.28. The Morgan fingerprint density at radius 2 is 1.93 bits per heavy atom. The molecule has 1 heterocycles. The molecule has 0 amide bonds. The van der Waals surface area contributed by atoms with E-state index >= 15 is 0 Å². The highest BCUT2D eigenvalue weighted by molar-refractivity contribution is 7.99. The molecule has 1 fully saturated rings. The molecular weight excluding hydrogens is 204 g/mol. The van der Waals surface area contributed by atoms with Crippen LogP contribution in [0.25, 0.3) is 0 Å². The van der Waals surface area contributed by atoms with Gasteiger partial charge in [0.05, 0.1) is 0 Å². The van der Waals surface area contributed by atoms with Gasteiger partial charge in [-0.3, -0.25) is 4.90 Å². The molecule has 1 aliphatic rings. The first-order valence-corrected chi connectivity index (χ1v) is 7.47. The van der Waals surface area contributed by atoms with E-state index in [1.807, 2.05) is 0 Å². The lowest BCUT2D eigenvalue weighted by Gasteiger charge is -2.45. The van der Waals surface area contributed by atoms with Crippen molar-refractivity contribution in [2.45, 2.75) is 45.1 Å². The minimum atomic E-state index is 0.303. The Bertz CT molecular complexity index is 163. The van der Waals surface area contributed by atoms with Gasteiger partial charge in [0.15, 0.2) is 0 Å². The fraction of sp³-hybridized carbons (Fsp3) is 1.00. The van der Waals surface area contributed by atoms with Gasteiger partial charge < -0.3 is 5.73 Å². The quantitative estimate of drug-likeness (QED) is 0.759. The number of rotatable bonds is 6. The molecule has 1 rings (SSSR count). The van der Waals surface area contributed by atoms with Crippen LogP contribution in [0, 0.1) is 0 Å². The number of unbranched alkanes of at least 4 members (excludes halogenated alkanes) is 1. The van der Waals surface area contributed by atoms with Crippen LogP contribution in [-0.4, -0.2) is 41.6 Å². The van der Waals surface area contributed by atoms with E-state index in [0.29, 0.717) is 5.54 Å². The maximum atomic E-state index is 6.04. The summed E-state index contributed by atoms with van der Waals surface area (Å²) in [6, 6.07) is 0. The van der Waals surface area contributed by atoms with Gasteiger partial charge in [0.1, 0.15) is 0 Å². The molecule has 0 aromatic heterocycles. The highest BCUT2D eigenvalue weighted by atomic mass is 32.2. The van der Waals surface area contributed by atoms with E-state index in [1.54, 1.807) is 0 Å². The van der Waals surface area contributed by atoms with Crippen LogP contribution in [0.3, 0.4) is 0 Å². The summed E-state index contributed by atoms with van der Waals surface area (Å²) in [4.78, 5) is 2.65. The van der Waals surface area contributed by atoms with Gasteiger partial charge in [-0.05, 0) is 12.8 Å². The van der Waals surface area contributed by atoms with Gasteiger partial charge in [-0.2, -0.15) is 11.8 Å². The highest BCUT2D eigenvalue weighted by Gasteiger charge is 2.33. The molecule has 90 valence electrons. The van der Waals surface area contributed by atoms with E-state index in [-0.39, 0.29) is 0 Å². The molecule has 0 aromatic rings. The summed E-state index contributed by atoms with van der Waals surface area (Å²) in [5.74, 6) is 2.57. The molecule has 1 saturated heterocycles. The molecule has 0 aromatic carbocycles. The van der Waals surface area contributed by atoms with Crippen molar-refractivity contribution in [2.24, 2.45) is 5.73 Å². The Morgan fingerprint density at radius 3 is 2.40 bits per heavy atom. The van der Waals surface area contributed by atoms with Crippen molar-refractivity contribution in [2.75, 3.05) is 31.1 Å². The average Bonchev–Trinajstić information content (AvgIpc) is 2.33. The molecule has 0 spiro atoms. The van der Waals surface area contributed by atoms with Crippen molar-refractivity contribution in [1.82, 2.24) is 4.90 Å². The van der Waals surface area contributed by atoms with Crippen molar-refractivity contribution >= 4 is 11.8 Å². The van der Waals surface area contributed by atoms with Crippen LogP contribution in [0.5, 0.6) is 0 Å². The predicted octanol–water partition coefficient (Wildman–Crippen LogP) is 2.33. The Labute approximate surface area is 99.0 Å². The van der Waals surface area contributed by atoms with Gasteiger partial charge in [0.25, 0.3) is 0 Å². The summed E-state index contributed by atoms with van der Waals surface area (Å²) in [7, 11) is 0. The van der Waals surface area contributed by atoms with E-state index in [0.717, 1.165) is 6.54 Å². The number of thioether (sulfide) groups is 1. The Kier molecular flexibility index (Phi) is 6.02. The van der Waals surface area contributed by atoms with E-state index in [4.69, 9.17) is 5.73 Å². The fourth-order valence-corrected chi connectivity index (χ4v) is 3.38. The second-order valence-corrected chi connectivity index (χ2v) is 5.71. The third-order valence-corrected chi connectivity index (χ3v) is 4.66. The molecule has 1 unspecified atom stereocenters. The first kappa shape index (κ1) is 13.3. The van der Waals surface area contributed by atoms with Gasteiger partial charge >= 0.3 is 0 Å². The summed E-state index contributed by atoms with van der Waals surface area (Å²) in [5.41, 5.74) is 6.34. The van der Waals surface area contributed by atoms with Crippen LogP contribution in [0.1, 0.15) is 39.5 Å². The summed E-state index contributed by atoms with van der Waals surface area (Å²) in [6.07, 6.45) is 5.08. The van der Waals surface area contributed by atoms with Crippen molar-refractivity contribution in [3.8, 4) is 0 Å². The summed E-state index contributed by atoms with van der Waals surface area (Å²) >= 11 is 2.08. The standard InChI is InChI=1S/C12H26N2S/c1-3-5-6-12(4-2,11-13)14-7-9-15-10-8-14/h3-11,13H2,1-2H3. The normalized spacial score (nSPS) is 22.6. The van der Waals surface area contributed by atoms with Crippen molar-refractivity contribution in [1.29, 1.82) is 0 Å². The molecule has 2 nitrogen and oxygen atoms in total. The molecule has 3 heteroatoms. The second kappa shape index (κ2) is 6.77. The lowest BCUT2D eigenvalue weighted by atomic mass is 9.87. The molecule has 15 heavy (non-hydrogen) atoms. The second-order valence-electron chi connectivity index (χ2n) is 4.48. The monoisotopic (exact) mass is 230 g/mol.